The number of carbonyl (C=O) groups is 2. The molecule has 8 heteroatoms. The van der Waals surface area contributed by atoms with Crippen LogP contribution < -0.4 is 10.3 Å². The van der Waals surface area contributed by atoms with Gasteiger partial charge in [-0.15, -0.1) is 0 Å². The van der Waals surface area contributed by atoms with Crippen molar-refractivity contribution in [2.45, 2.75) is 0 Å². The van der Waals surface area contributed by atoms with Gasteiger partial charge in [0.25, 0.3) is 0 Å². The topological polar surface area (TPSA) is 108 Å². The van der Waals surface area contributed by atoms with Crippen molar-refractivity contribution in [2.24, 2.45) is 0 Å². The quantitative estimate of drug-likeness (QED) is 0.582. The smallest absolute Gasteiger partial charge is 0.429 e. The van der Waals surface area contributed by atoms with Crippen LogP contribution in [0.15, 0.2) is 18.5 Å². The molecule has 0 fully saturated rings. The van der Waals surface area contributed by atoms with E-state index in [2.05, 4.69) is 5.10 Å². The van der Waals surface area contributed by atoms with Crippen LogP contribution in [0.1, 0.15) is 0 Å². The fraction of sp³-hybridized carbons (Fsp3) is 0.167. The standard InChI is InChI=1S/C6H8N4O4/c11-5(12)7-4-9(6(13)14)10-3-1-2-8-10/h1-3,7H,4H2,(H,11,12)(H,13,14). The van der Waals surface area contributed by atoms with Crippen molar-refractivity contribution in [3.63, 3.8) is 0 Å². The first kappa shape index (κ1) is 9.84. The van der Waals surface area contributed by atoms with Crippen LogP contribution in [0, 0.1) is 0 Å². The molecule has 8 nitrogen and oxygen atoms in total. The second kappa shape index (κ2) is 4.12. The Hall–Kier alpha value is -2.25. The van der Waals surface area contributed by atoms with Gasteiger partial charge in [-0.25, -0.2) is 9.59 Å². The van der Waals surface area contributed by atoms with E-state index in [1.54, 1.807) is 0 Å². The highest BCUT2D eigenvalue weighted by Crippen LogP contribution is 1.89. The molecule has 1 heterocycles. The molecule has 0 saturated carbocycles. The third-order valence-corrected chi connectivity index (χ3v) is 1.34. The van der Waals surface area contributed by atoms with E-state index in [0.717, 1.165) is 4.79 Å². The number of rotatable bonds is 3. The van der Waals surface area contributed by atoms with Crippen LogP contribution in [0.2, 0.25) is 0 Å². The lowest BCUT2D eigenvalue weighted by molar-refractivity contribution is 0.185. The van der Waals surface area contributed by atoms with Gasteiger partial charge in [-0.3, -0.25) is 0 Å². The van der Waals surface area contributed by atoms with E-state index in [-0.39, 0.29) is 6.67 Å². The second-order valence-corrected chi connectivity index (χ2v) is 2.25. The predicted octanol–water partition coefficient (Wildman–Crippen LogP) is -0.276. The molecule has 0 aromatic carbocycles. The summed E-state index contributed by atoms with van der Waals surface area (Å²) in [6.07, 6.45) is 0.166. The van der Waals surface area contributed by atoms with Gasteiger partial charge in [-0.05, 0) is 6.07 Å². The van der Waals surface area contributed by atoms with E-state index < -0.39 is 12.2 Å². The normalized spacial score (nSPS) is 9.43. The number of aromatic nitrogens is 2. The average molecular weight is 200 g/mol. The first-order chi connectivity index (χ1) is 6.61. The Morgan fingerprint density at radius 1 is 1.50 bits per heavy atom. The average Bonchev–Trinajstić information content (AvgIpc) is 2.56. The lowest BCUT2D eigenvalue weighted by Crippen LogP contribution is -2.47. The van der Waals surface area contributed by atoms with Crippen LogP contribution in [0.4, 0.5) is 9.59 Å². The first-order valence-corrected chi connectivity index (χ1v) is 3.58. The molecule has 0 aliphatic heterocycles. The number of carboxylic acid groups (broad SMARTS) is 2. The summed E-state index contributed by atoms with van der Waals surface area (Å²) in [6.45, 7) is -0.383. The minimum atomic E-state index is -1.30. The van der Waals surface area contributed by atoms with E-state index in [1.165, 1.54) is 18.5 Å². The maximum atomic E-state index is 10.6. The molecule has 1 rings (SSSR count). The summed E-state index contributed by atoms with van der Waals surface area (Å²) in [5.74, 6) is 0. The Labute approximate surface area is 78.3 Å². The molecule has 0 spiro atoms. The van der Waals surface area contributed by atoms with Gasteiger partial charge in [0.05, 0.1) is 6.20 Å². The molecule has 0 saturated heterocycles. The third kappa shape index (κ3) is 2.37. The summed E-state index contributed by atoms with van der Waals surface area (Å²) in [5, 5.41) is 23.2. The molecule has 0 unspecified atom stereocenters. The van der Waals surface area contributed by atoms with Crippen LogP contribution in [0.25, 0.3) is 0 Å². The van der Waals surface area contributed by atoms with Gasteiger partial charge in [0.2, 0.25) is 0 Å². The molecule has 1 aromatic rings. The maximum absolute atomic E-state index is 10.6. The van der Waals surface area contributed by atoms with Gasteiger partial charge in [0.15, 0.2) is 0 Å². The lowest BCUT2D eigenvalue weighted by atomic mass is 10.8. The van der Waals surface area contributed by atoms with E-state index in [9.17, 15) is 9.59 Å². The van der Waals surface area contributed by atoms with E-state index >= 15 is 0 Å². The molecule has 3 N–H and O–H groups in total. The first-order valence-electron chi connectivity index (χ1n) is 3.58. The summed E-state index contributed by atoms with van der Waals surface area (Å²) in [5.41, 5.74) is 0. The maximum Gasteiger partial charge on any atom is 0.429 e. The van der Waals surface area contributed by atoms with Gasteiger partial charge in [-0.2, -0.15) is 14.9 Å². The number of nitrogens with zero attached hydrogens (tertiary/aromatic N) is 3. The zero-order valence-electron chi connectivity index (χ0n) is 6.99. The van der Waals surface area contributed by atoms with Gasteiger partial charge < -0.3 is 15.5 Å². The van der Waals surface area contributed by atoms with Gasteiger partial charge in [-0.1, -0.05) is 0 Å². The Morgan fingerprint density at radius 2 is 2.21 bits per heavy atom. The minimum absolute atomic E-state index is 0.383. The van der Waals surface area contributed by atoms with Gasteiger partial charge >= 0.3 is 12.2 Å². The van der Waals surface area contributed by atoms with E-state index in [4.69, 9.17) is 10.2 Å². The van der Waals surface area contributed by atoms with Crippen LogP contribution in [-0.4, -0.2) is 39.0 Å². The highest BCUT2D eigenvalue weighted by atomic mass is 16.4. The molecule has 0 radical (unpaired) electrons. The molecule has 76 valence electrons. The van der Waals surface area contributed by atoms with Crippen molar-refractivity contribution in [1.82, 2.24) is 15.2 Å². The van der Waals surface area contributed by atoms with Crippen molar-refractivity contribution >= 4 is 12.2 Å². The monoisotopic (exact) mass is 200 g/mol. The summed E-state index contributed by atoms with van der Waals surface area (Å²) >= 11 is 0. The zero-order valence-corrected chi connectivity index (χ0v) is 6.99. The summed E-state index contributed by atoms with van der Waals surface area (Å²) in [7, 11) is 0. The van der Waals surface area contributed by atoms with Gasteiger partial charge in [0, 0.05) is 6.20 Å². The number of hydrogen-bond acceptors (Lipinski definition) is 3. The number of hydrogen-bond donors (Lipinski definition) is 3. The van der Waals surface area contributed by atoms with Crippen molar-refractivity contribution in [3.8, 4) is 0 Å². The largest absolute Gasteiger partial charge is 0.465 e. The molecular formula is C6H8N4O4. The highest BCUT2D eigenvalue weighted by molar-refractivity contribution is 5.77. The molecule has 0 bridgehead atoms. The molecule has 0 aliphatic rings. The fourth-order valence-corrected chi connectivity index (χ4v) is 0.774. The summed E-state index contributed by atoms with van der Waals surface area (Å²) in [4.78, 5) is 21.8. The Kier molecular flexibility index (Phi) is 2.89. The Bertz CT molecular complexity index is 323. The second-order valence-electron chi connectivity index (χ2n) is 2.25. The van der Waals surface area contributed by atoms with Crippen LogP contribution in [0.3, 0.4) is 0 Å². The molecule has 1 aromatic heterocycles. The number of amides is 2. The van der Waals surface area contributed by atoms with Crippen molar-refractivity contribution < 1.29 is 19.8 Å². The molecule has 0 aliphatic carbocycles. The summed E-state index contributed by atoms with van der Waals surface area (Å²) < 4.78 is 0. The Morgan fingerprint density at radius 3 is 2.64 bits per heavy atom. The number of nitrogens with one attached hydrogen (secondary N) is 1. The SMILES string of the molecule is O=C(O)NCN(C(=O)O)n1cccn1. The van der Waals surface area contributed by atoms with Crippen molar-refractivity contribution in [3.05, 3.63) is 18.5 Å². The molecular weight excluding hydrogens is 192 g/mol. The minimum Gasteiger partial charge on any atom is -0.465 e. The van der Waals surface area contributed by atoms with Crippen LogP contribution in [-0.2, 0) is 0 Å². The summed E-state index contributed by atoms with van der Waals surface area (Å²) in [6, 6.07) is 1.52. The Balaban J connectivity index is 2.66. The zero-order chi connectivity index (χ0) is 10.6. The predicted molar refractivity (Wildman–Crippen MR) is 44.5 cm³/mol. The van der Waals surface area contributed by atoms with E-state index in [0.29, 0.717) is 5.01 Å². The van der Waals surface area contributed by atoms with Gasteiger partial charge in [0.1, 0.15) is 6.67 Å². The third-order valence-electron chi connectivity index (χ3n) is 1.34. The highest BCUT2D eigenvalue weighted by Gasteiger charge is 2.14. The van der Waals surface area contributed by atoms with Crippen LogP contribution in [0.5, 0.6) is 0 Å². The molecule has 2 amide bonds. The fourth-order valence-electron chi connectivity index (χ4n) is 0.774. The molecule has 0 atom stereocenters. The van der Waals surface area contributed by atoms with Crippen molar-refractivity contribution in [1.29, 1.82) is 0 Å². The van der Waals surface area contributed by atoms with Crippen LogP contribution >= 0.6 is 0 Å². The lowest BCUT2D eigenvalue weighted by Gasteiger charge is -2.17. The van der Waals surface area contributed by atoms with Crippen molar-refractivity contribution in [2.75, 3.05) is 11.7 Å². The van der Waals surface area contributed by atoms with E-state index in [1.807, 2.05) is 5.32 Å². The molecule has 14 heavy (non-hydrogen) atoms.